The molecule has 0 unspecified atom stereocenters. The number of halogens is 3. The minimum absolute atomic E-state index is 0.0663. The number of aryl methyl sites for hydroxylation is 1. The summed E-state index contributed by atoms with van der Waals surface area (Å²) in [7, 11) is 1.28. The first-order chi connectivity index (χ1) is 12.8. The largest absolute Gasteiger partial charge is 0.465 e. The van der Waals surface area contributed by atoms with Gasteiger partial charge in [-0.25, -0.2) is 9.78 Å². The molecule has 0 aliphatic heterocycles. The number of hydrogen-bond donors (Lipinski definition) is 0. The third-order valence-corrected chi connectivity index (χ3v) is 4.39. The van der Waals surface area contributed by atoms with E-state index in [2.05, 4.69) is 4.98 Å². The third-order valence-electron chi connectivity index (χ3n) is 4.39. The molecule has 27 heavy (non-hydrogen) atoms. The van der Waals surface area contributed by atoms with Gasteiger partial charge in [0.25, 0.3) is 0 Å². The molecule has 0 radical (unpaired) electrons. The van der Waals surface area contributed by atoms with E-state index in [1.54, 1.807) is 28.8 Å². The fraction of sp³-hybridized carbons (Fsp3) is 0.300. The second kappa shape index (κ2) is 7.42. The molecule has 0 amide bonds. The van der Waals surface area contributed by atoms with E-state index in [1.165, 1.54) is 19.2 Å². The lowest BCUT2D eigenvalue weighted by Crippen LogP contribution is -2.11. The molecule has 0 bridgehead atoms. The third kappa shape index (κ3) is 3.82. The fourth-order valence-corrected chi connectivity index (χ4v) is 3.14. The fourth-order valence-electron chi connectivity index (χ4n) is 3.14. The highest BCUT2D eigenvalue weighted by molar-refractivity contribution is 5.89. The number of alkyl halides is 3. The normalized spacial score (nSPS) is 11.7. The molecule has 0 N–H and O–H groups in total. The second-order valence-electron chi connectivity index (χ2n) is 6.22. The Labute approximate surface area is 154 Å². The van der Waals surface area contributed by atoms with Crippen LogP contribution in [0.3, 0.4) is 0 Å². The first-order valence-electron chi connectivity index (χ1n) is 8.58. The summed E-state index contributed by atoms with van der Waals surface area (Å²) in [6, 6.07) is 8.79. The molecule has 0 fully saturated rings. The van der Waals surface area contributed by atoms with E-state index in [-0.39, 0.29) is 12.0 Å². The van der Waals surface area contributed by atoms with E-state index < -0.39 is 17.7 Å². The first-order valence-corrected chi connectivity index (χ1v) is 8.58. The van der Waals surface area contributed by atoms with Crippen molar-refractivity contribution in [3.05, 3.63) is 70.7 Å². The molecule has 0 saturated carbocycles. The lowest BCUT2D eigenvalue weighted by molar-refractivity contribution is -0.138. The van der Waals surface area contributed by atoms with Crippen molar-refractivity contribution in [2.24, 2.45) is 0 Å². The SMILES string of the molecule is CCCc1nc2ccc(C(=O)OC)cn2c1Cc1ccccc1C(F)(F)F. The highest BCUT2D eigenvalue weighted by atomic mass is 19.4. The monoisotopic (exact) mass is 376 g/mol. The highest BCUT2D eigenvalue weighted by Gasteiger charge is 2.33. The number of hydrogen-bond acceptors (Lipinski definition) is 3. The number of esters is 1. The molecular weight excluding hydrogens is 357 g/mol. The van der Waals surface area contributed by atoms with Crippen molar-refractivity contribution >= 4 is 11.6 Å². The van der Waals surface area contributed by atoms with Crippen molar-refractivity contribution in [1.29, 1.82) is 0 Å². The zero-order valence-corrected chi connectivity index (χ0v) is 15.0. The van der Waals surface area contributed by atoms with Crippen molar-refractivity contribution in [1.82, 2.24) is 9.38 Å². The van der Waals surface area contributed by atoms with Crippen LogP contribution < -0.4 is 0 Å². The number of carbonyl (C=O) groups excluding carboxylic acids is 1. The molecule has 4 nitrogen and oxygen atoms in total. The Morgan fingerprint density at radius 1 is 1.19 bits per heavy atom. The molecule has 0 spiro atoms. The summed E-state index contributed by atoms with van der Waals surface area (Å²) in [5.41, 5.74) is 1.80. The predicted molar refractivity (Wildman–Crippen MR) is 94.8 cm³/mol. The number of rotatable bonds is 5. The summed E-state index contributed by atoms with van der Waals surface area (Å²) < 4.78 is 46.5. The van der Waals surface area contributed by atoms with Gasteiger partial charge in [-0.15, -0.1) is 0 Å². The summed E-state index contributed by atoms with van der Waals surface area (Å²) in [6.45, 7) is 1.98. The molecule has 2 heterocycles. The summed E-state index contributed by atoms with van der Waals surface area (Å²) in [6.07, 6.45) is -1.35. The van der Waals surface area contributed by atoms with Gasteiger partial charge in [-0.05, 0) is 30.2 Å². The average Bonchev–Trinajstić information content (AvgIpc) is 2.97. The number of ether oxygens (including phenoxy) is 1. The molecule has 0 aliphatic rings. The van der Waals surface area contributed by atoms with Gasteiger partial charge in [-0.1, -0.05) is 31.5 Å². The van der Waals surface area contributed by atoms with Crippen molar-refractivity contribution in [3.63, 3.8) is 0 Å². The van der Waals surface area contributed by atoms with Gasteiger partial charge >= 0.3 is 12.1 Å². The summed E-state index contributed by atoms with van der Waals surface area (Å²) in [5, 5.41) is 0. The van der Waals surface area contributed by atoms with Crippen LogP contribution >= 0.6 is 0 Å². The highest BCUT2D eigenvalue weighted by Crippen LogP contribution is 2.33. The maximum Gasteiger partial charge on any atom is 0.416 e. The molecule has 142 valence electrons. The number of methoxy groups -OCH3 is 1. The standard InChI is InChI=1S/C20H19F3N2O2/c1-3-6-16-17(11-13-7-4-5-8-15(13)20(21,22)23)25-12-14(19(26)27-2)9-10-18(25)24-16/h4-5,7-10,12H,3,6,11H2,1-2H3. The smallest absolute Gasteiger partial charge is 0.416 e. The molecule has 0 saturated heterocycles. The van der Waals surface area contributed by atoms with Crippen LogP contribution in [0.15, 0.2) is 42.6 Å². The van der Waals surface area contributed by atoms with E-state index in [0.29, 0.717) is 23.3 Å². The van der Waals surface area contributed by atoms with Crippen LogP contribution in [0.5, 0.6) is 0 Å². The zero-order valence-electron chi connectivity index (χ0n) is 15.0. The topological polar surface area (TPSA) is 43.6 Å². The van der Waals surface area contributed by atoms with Gasteiger partial charge in [0, 0.05) is 12.6 Å². The molecule has 0 aliphatic carbocycles. The maximum atomic E-state index is 13.4. The number of carbonyl (C=O) groups is 1. The minimum atomic E-state index is -4.43. The van der Waals surface area contributed by atoms with E-state index >= 15 is 0 Å². The van der Waals surface area contributed by atoms with Crippen LogP contribution in [-0.2, 0) is 23.8 Å². The summed E-state index contributed by atoms with van der Waals surface area (Å²) in [5.74, 6) is -0.510. The van der Waals surface area contributed by atoms with Crippen molar-refractivity contribution < 1.29 is 22.7 Å². The molecule has 3 rings (SSSR count). The second-order valence-corrected chi connectivity index (χ2v) is 6.22. The Hall–Kier alpha value is -2.83. The van der Waals surface area contributed by atoms with Crippen LogP contribution in [0.1, 0.15) is 46.2 Å². The van der Waals surface area contributed by atoms with Crippen LogP contribution in [0.2, 0.25) is 0 Å². The summed E-state index contributed by atoms with van der Waals surface area (Å²) in [4.78, 5) is 16.4. The van der Waals surface area contributed by atoms with E-state index in [0.717, 1.165) is 18.2 Å². The van der Waals surface area contributed by atoms with Gasteiger partial charge in [0.05, 0.1) is 29.6 Å². The number of nitrogens with zero attached hydrogens (tertiary/aromatic N) is 2. The van der Waals surface area contributed by atoms with Gasteiger partial charge in [-0.2, -0.15) is 13.2 Å². The number of fused-ring (bicyclic) bond motifs is 1. The minimum Gasteiger partial charge on any atom is -0.465 e. The molecule has 3 aromatic rings. The van der Waals surface area contributed by atoms with Crippen LogP contribution in [0, 0.1) is 0 Å². The Morgan fingerprint density at radius 3 is 2.59 bits per heavy atom. The average molecular weight is 376 g/mol. The van der Waals surface area contributed by atoms with Crippen LogP contribution in [-0.4, -0.2) is 22.5 Å². The first kappa shape index (κ1) is 18.9. The predicted octanol–water partition coefficient (Wildman–Crippen LogP) is 4.68. The van der Waals surface area contributed by atoms with Gasteiger partial charge < -0.3 is 9.14 Å². The van der Waals surface area contributed by atoms with Crippen molar-refractivity contribution in [2.75, 3.05) is 7.11 Å². The molecule has 7 heteroatoms. The Kier molecular flexibility index (Phi) is 5.21. The molecule has 0 atom stereocenters. The molecule has 2 aromatic heterocycles. The van der Waals surface area contributed by atoms with Crippen LogP contribution in [0.4, 0.5) is 13.2 Å². The van der Waals surface area contributed by atoms with Crippen molar-refractivity contribution in [2.45, 2.75) is 32.4 Å². The van der Waals surface area contributed by atoms with Gasteiger partial charge in [0.2, 0.25) is 0 Å². The van der Waals surface area contributed by atoms with Gasteiger partial charge in [0.1, 0.15) is 5.65 Å². The van der Waals surface area contributed by atoms with Gasteiger partial charge in [-0.3, -0.25) is 0 Å². The maximum absolute atomic E-state index is 13.4. The number of pyridine rings is 1. The Balaban J connectivity index is 2.15. The van der Waals surface area contributed by atoms with E-state index in [9.17, 15) is 18.0 Å². The Bertz CT molecular complexity index is 977. The lowest BCUT2D eigenvalue weighted by atomic mass is 10.0. The van der Waals surface area contributed by atoms with Crippen LogP contribution in [0.25, 0.3) is 5.65 Å². The molecule has 1 aromatic carbocycles. The van der Waals surface area contributed by atoms with E-state index in [1.807, 2.05) is 6.92 Å². The van der Waals surface area contributed by atoms with Gasteiger partial charge in [0.15, 0.2) is 0 Å². The zero-order chi connectivity index (χ0) is 19.6. The number of aromatic nitrogens is 2. The number of benzene rings is 1. The summed E-state index contributed by atoms with van der Waals surface area (Å²) >= 11 is 0. The number of imidazole rings is 1. The van der Waals surface area contributed by atoms with E-state index in [4.69, 9.17) is 4.74 Å². The molecular formula is C20H19F3N2O2. The quantitative estimate of drug-likeness (QED) is 0.607. The lowest BCUT2D eigenvalue weighted by Gasteiger charge is -2.13. The Morgan fingerprint density at radius 2 is 1.93 bits per heavy atom. The van der Waals surface area contributed by atoms with Crippen molar-refractivity contribution in [3.8, 4) is 0 Å².